The second-order valence-electron chi connectivity index (χ2n) is 5.34. The lowest BCUT2D eigenvalue weighted by Crippen LogP contribution is -2.40. The van der Waals surface area contributed by atoms with Gasteiger partial charge in [-0.1, -0.05) is 6.92 Å². The van der Waals surface area contributed by atoms with Crippen LogP contribution in [0.1, 0.15) is 13.3 Å². The van der Waals surface area contributed by atoms with Gasteiger partial charge in [0.1, 0.15) is 0 Å². The molecule has 0 bridgehead atoms. The molecule has 0 saturated heterocycles. The summed E-state index contributed by atoms with van der Waals surface area (Å²) in [5.74, 6) is 0. The number of nitrogens with zero attached hydrogens (tertiary/aromatic N) is 5. The largest absolute Gasteiger partial charge is 0.395 e. The Morgan fingerprint density at radius 1 is 1.27 bits per heavy atom. The summed E-state index contributed by atoms with van der Waals surface area (Å²) in [5.41, 5.74) is 0.193. The van der Waals surface area contributed by atoms with Gasteiger partial charge in [-0.3, -0.25) is 13.9 Å². The van der Waals surface area contributed by atoms with Crippen molar-refractivity contribution in [2.45, 2.75) is 19.9 Å². The number of aliphatic hydroxyl groups is 1. The van der Waals surface area contributed by atoms with Crippen molar-refractivity contribution in [3.05, 3.63) is 27.2 Å². The Bertz CT molecular complexity index is 758. The van der Waals surface area contributed by atoms with Gasteiger partial charge in [0.05, 0.1) is 12.9 Å². The molecule has 8 nitrogen and oxygen atoms in total. The molecule has 2 aromatic heterocycles. The van der Waals surface area contributed by atoms with Crippen LogP contribution in [0.15, 0.2) is 15.9 Å². The van der Waals surface area contributed by atoms with E-state index >= 15 is 0 Å². The highest BCUT2D eigenvalue weighted by atomic mass is 16.3. The summed E-state index contributed by atoms with van der Waals surface area (Å²) in [4.78, 5) is 31.0. The first-order valence-electron chi connectivity index (χ1n) is 7.45. The number of hydrogen-bond acceptors (Lipinski definition) is 5. The van der Waals surface area contributed by atoms with Crippen LogP contribution >= 0.6 is 0 Å². The lowest BCUT2D eigenvalue weighted by molar-refractivity contribution is 0.198. The van der Waals surface area contributed by atoms with Crippen LogP contribution < -0.4 is 11.2 Å². The van der Waals surface area contributed by atoms with Crippen LogP contribution in [0.25, 0.3) is 11.2 Å². The minimum Gasteiger partial charge on any atom is -0.395 e. The van der Waals surface area contributed by atoms with E-state index in [9.17, 15) is 9.59 Å². The average molecular weight is 309 g/mol. The fourth-order valence-corrected chi connectivity index (χ4v) is 2.62. The number of aryl methyl sites for hydroxylation is 2. The van der Waals surface area contributed by atoms with Crippen LogP contribution in [-0.4, -0.2) is 54.9 Å². The number of likely N-dealkylation sites (N-methyl/N-ethyl adjacent to an activating group) is 1. The van der Waals surface area contributed by atoms with E-state index in [2.05, 4.69) is 9.88 Å². The Hall–Kier alpha value is -1.93. The Morgan fingerprint density at radius 3 is 2.64 bits per heavy atom. The van der Waals surface area contributed by atoms with Crippen molar-refractivity contribution in [2.24, 2.45) is 14.1 Å². The first kappa shape index (κ1) is 16.4. The summed E-state index contributed by atoms with van der Waals surface area (Å²) in [7, 11) is 3.36. The van der Waals surface area contributed by atoms with Crippen molar-refractivity contribution >= 4 is 11.2 Å². The first-order valence-corrected chi connectivity index (χ1v) is 7.45. The zero-order valence-electron chi connectivity index (χ0n) is 13.3. The number of imidazole rings is 1. The second-order valence-corrected chi connectivity index (χ2v) is 5.34. The molecule has 0 aliphatic rings. The Labute approximate surface area is 128 Å². The summed E-state index contributed by atoms with van der Waals surface area (Å²) in [6.45, 7) is 4.64. The lowest BCUT2D eigenvalue weighted by Gasteiger charge is -2.19. The highest BCUT2D eigenvalue weighted by Gasteiger charge is 2.14. The van der Waals surface area contributed by atoms with Crippen molar-refractivity contribution in [1.29, 1.82) is 0 Å². The first-order chi connectivity index (χ1) is 10.5. The standard InChI is InChI=1S/C14H23N5O3/c1-4-18(8-9-20)6-5-7-19-13(21)11-12(15-10-16(11)2)17(3)14(19)22/h10,20H,4-9H2,1-3H3. The van der Waals surface area contributed by atoms with Crippen molar-refractivity contribution in [1.82, 2.24) is 23.6 Å². The third-order valence-corrected chi connectivity index (χ3v) is 3.92. The van der Waals surface area contributed by atoms with E-state index in [-0.39, 0.29) is 17.9 Å². The zero-order chi connectivity index (χ0) is 16.3. The molecule has 0 spiro atoms. The Balaban J connectivity index is 2.26. The fourth-order valence-electron chi connectivity index (χ4n) is 2.62. The maximum Gasteiger partial charge on any atom is 0.332 e. The second kappa shape index (κ2) is 6.89. The molecule has 22 heavy (non-hydrogen) atoms. The maximum atomic E-state index is 12.5. The molecular weight excluding hydrogens is 286 g/mol. The molecule has 0 unspecified atom stereocenters. The molecule has 0 fully saturated rings. The van der Waals surface area contributed by atoms with Crippen LogP contribution in [-0.2, 0) is 20.6 Å². The number of aromatic nitrogens is 4. The van der Waals surface area contributed by atoms with Gasteiger partial charge in [-0.2, -0.15) is 0 Å². The molecule has 1 N–H and O–H groups in total. The van der Waals surface area contributed by atoms with Crippen LogP contribution in [0.3, 0.4) is 0 Å². The topological polar surface area (TPSA) is 85.3 Å². The van der Waals surface area contributed by atoms with E-state index in [0.717, 1.165) is 13.1 Å². The summed E-state index contributed by atoms with van der Waals surface area (Å²) in [5, 5.41) is 8.97. The van der Waals surface area contributed by atoms with Crippen LogP contribution in [0.4, 0.5) is 0 Å². The van der Waals surface area contributed by atoms with Gasteiger partial charge in [0.2, 0.25) is 0 Å². The molecule has 2 rings (SSSR count). The molecule has 0 atom stereocenters. The average Bonchev–Trinajstić information content (AvgIpc) is 2.89. The predicted molar refractivity (Wildman–Crippen MR) is 84.0 cm³/mol. The van der Waals surface area contributed by atoms with Crippen LogP contribution in [0, 0.1) is 0 Å². The van der Waals surface area contributed by atoms with Gasteiger partial charge in [-0.15, -0.1) is 0 Å². The van der Waals surface area contributed by atoms with Gasteiger partial charge in [-0.25, -0.2) is 9.78 Å². The van der Waals surface area contributed by atoms with Crippen LogP contribution in [0.5, 0.6) is 0 Å². The summed E-state index contributed by atoms with van der Waals surface area (Å²) < 4.78 is 4.30. The van der Waals surface area contributed by atoms with E-state index in [1.165, 1.54) is 15.5 Å². The zero-order valence-corrected chi connectivity index (χ0v) is 13.3. The molecule has 0 saturated carbocycles. The molecule has 0 amide bonds. The minimum absolute atomic E-state index is 0.108. The number of aliphatic hydroxyl groups excluding tert-OH is 1. The molecule has 0 aliphatic carbocycles. The van der Waals surface area contributed by atoms with Crippen molar-refractivity contribution in [3.8, 4) is 0 Å². The summed E-state index contributed by atoms with van der Waals surface area (Å²) >= 11 is 0. The van der Waals surface area contributed by atoms with Gasteiger partial charge < -0.3 is 14.6 Å². The van der Waals surface area contributed by atoms with Crippen LogP contribution in [0.2, 0.25) is 0 Å². The van der Waals surface area contributed by atoms with E-state index < -0.39 is 0 Å². The van der Waals surface area contributed by atoms with Crippen molar-refractivity contribution in [2.75, 3.05) is 26.2 Å². The molecular formula is C14H23N5O3. The summed E-state index contributed by atoms with van der Waals surface area (Å²) in [6, 6.07) is 0. The molecule has 2 aromatic rings. The highest BCUT2D eigenvalue weighted by molar-refractivity contribution is 5.69. The third-order valence-electron chi connectivity index (χ3n) is 3.92. The molecule has 122 valence electrons. The van der Waals surface area contributed by atoms with Gasteiger partial charge in [-0.05, 0) is 19.5 Å². The number of rotatable bonds is 7. The van der Waals surface area contributed by atoms with Crippen molar-refractivity contribution in [3.63, 3.8) is 0 Å². The number of hydrogen-bond donors (Lipinski definition) is 1. The van der Waals surface area contributed by atoms with Gasteiger partial charge in [0.25, 0.3) is 5.56 Å². The molecule has 8 heteroatoms. The monoisotopic (exact) mass is 309 g/mol. The highest BCUT2D eigenvalue weighted by Crippen LogP contribution is 2.03. The molecule has 2 heterocycles. The molecule has 0 aromatic carbocycles. The van der Waals surface area contributed by atoms with Gasteiger partial charge in [0.15, 0.2) is 11.2 Å². The SMILES string of the molecule is CCN(CCO)CCCn1c(=O)c2c(ncn2C)n(C)c1=O. The van der Waals surface area contributed by atoms with E-state index in [1.807, 2.05) is 6.92 Å². The normalized spacial score (nSPS) is 11.7. The molecule has 0 radical (unpaired) electrons. The molecule has 0 aliphatic heterocycles. The van der Waals surface area contributed by atoms with Gasteiger partial charge >= 0.3 is 5.69 Å². The summed E-state index contributed by atoms with van der Waals surface area (Å²) in [6.07, 6.45) is 2.21. The van der Waals surface area contributed by atoms with E-state index in [0.29, 0.717) is 30.7 Å². The van der Waals surface area contributed by atoms with Gasteiger partial charge in [0, 0.05) is 27.2 Å². The lowest BCUT2D eigenvalue weighted by atomic mass is 10.3. The van der Waals surface area contributed by atoms with E-state index in [4.69, 9.17) is 5.11 Å². The maximum absolute atomic E-state index is 12.5. The fraction of sp³-hybridized carbons (Fsp3) is 0.643. The van der Waals surface area contributed by atoms with E-state index in [1.54, 1.807) is 18.7 Å². The van der Waals surface area contributed by atoms with Crippen molar-refractivity contribution < 1.29 is 5.11 Å². The Morgan fingerprint density at radius 2 is 2.00 bits per heavy atom. The smallest absolute Gasteiger partial charge is 0.332 e. The quantitative estimate of drug-likeness (QED) is 0.719. The predicted octanol–water partition coefficient (Wildman–Crippen LogP) is -0.862. The third kappa shape index (κ3) is 2.97. The minimum atomic E-state index is -0.346. The Kier molecular flexibility index (Phi) is 5.15. The number of fused-ring (bicyclic) bond motifs is 1.